The van der Waals surface area contributed by atoms with Gasteiger partial charge in [0.2, 0.25) is 0 Å². The van der Waals surface area contributed by atoms with E-state index in [2.05, 4.69) is 15.5 Å². The smallest absolute Gasteiger partial charge is 0.258 e. The lowest BCUT2D eigenvalue weighted by Crippen LogP contribution is -2.23. The summed E-state index contributed by atoms with van der Waals surface area (Å²) in [6.45, 7) is 4.87. The normalized spacial score (nSPS) is 22.4. The third-order valence-corrected chi connectivity index (χ3v) is 3.34. The molecule has 0 bridgehead atoms. The summed E-state index contributed by atoms with van der Waals surface area (Å²) in [4.78, 5) is 4.45. The Morgan fingerprint density at radius 1 is 1.35 bits per heavy atom. The van der Waals surface area contributed by atoms with E-state index >= 15 is 0 Å². The number of hydrogen-bond donors (Lipinski definition) is 1. The third-order valence-electron chi connectivity index (χ3n) is 3.34. The van der Waals surface area contributed by atoms with Crippen LogP contribution in [0.1, 0.15) is 57.3 Å². The molecule has 96 valence electrons. The zero-order valence-corrected chi connectivity index (χ0v) is 10.8. The van der Waals surface area contributed by atoms with Gasteiger partial charge in [0.1, 0.15) is 5.60 Å². The van der Waals surface area contributed by atoms with Gasteiger partial charge in [-0.3, -0.25) is 0 Å². The van der Waals surface area contributed by atoms with Gasteiger partial charge in [0, 0.05) is 7.11 Å². The van der Waals surface area contributed by atoms with Crippen LogP contribution in [0.15, 0.2) is 4.52 Å². The molecule has 0 radical (unpaired) electrons. The lowest BCUT2D eigenvalue weighted by Gasteiger charge is -2.17. The lowest BCUT2D eigenvalue weighted by atomic mass is 10.1. The van der Waals surface area contributed by atoms with E-state index in [1.165, 1.54) is 19.3 Å². The molecule has 0 spiro atoms. The van der Waals surface area contributed by atoms with E-state index in [1.54, 1.807) is 7.11 Å². The molecule has 1 aromatic heterocycles. The number of nitrogens with one attached hydrogen (secondary N) is 1. The third kappa shape index (κ3) is 2.84. The summed E-state index contributed by atoms with van der Waals surface area (Å²) in [5.41, 5.74) is -0.518. The van der Waals surface area contributed by atoms with Gasteiger partial charge in [-0.1, -0.05) is 18.0 Å². The van der Waals surface area contributed by atoms with Gasteiger partial charge in [0.05, 0.1) is 6.04 Å². The second-order valence-corrected chi connectivity index (χ2v) is 5.03. The van der Waals surface area contributed by atoms with Gasteiger partial charge in [0.15, 0.2) is 5.82 Å². The fraction of sp³-hybridized carbons (Fsp3) is 0.833. The fourth-order valence-corrected chi connectivity index (χ4v) is 1.96. The van der Waals surface area contributed by atoms with E-state index in [1.807, 2.05) is 13.8 Å². The van der Waals surface area contributed by atoms with Crippen LogP contribution in [0.5, 0.6) is 0 Å². The summed E-state index contributed by atoms with van der Waals surface area (Å²) in [7, 11) is 1.65. The van der Waals surface area contributed by atoms with Gasteiger partial charge in [-0.25, -0.2) is 0 Å². The molecule has 5 heteroatoms. The van der Waals surface area contributed by atoms with E-state index in [-0.39, 0.29) is 6.04 Å². The standard InChI is InChI=1S/C12H21N3O2/c1-12(2,16-3)11-14-10(15-17-11)9-7-5-4-6-8-13-9/h9,13H,4-8H2,1-3H3. The molecule has 2 rings (SSSR count). The van der Waals surface area contributed by atoms with E-state index in [4.69, 9.17) is 9.26 Å². The maximum Gasteiger partial charge on any atom is 0.258 e. The lowest BCUT2D eigenvalue weighted by molar-refractivity contribution is -0.00786. The summed E-state index contributed by atoms with van der Waals surface area (Å²) < 4.78 is 10.6. The van der Waals surface area contributed by atoms with Crippen molar-refractivity contribution in [3.8, 4) is 0 Å². The largest absolute Gasteiger partial charge is 0.369 e. The Labute approximate surface area is 102 Å². The Hall–Kier alpha value is -0.940. The van der Waals surface area contributed by atoms with Crippen LogP contribution in [-0.2, 0) is 10.3 Å². The highest BCUT2D eigenvalue weighted by atomic mass is 16.5. The Morgan fingerprint density at radius 2 is 2.18 bits per heavy atom. The molecule has 2 heterocycles. The minimum Gasteiger partial charge on any atom is -0.369 e. The maximum absolute atomic E-state index is 5.33. The summed E-state index contributed by atoms with van der Waals surface area (Å²) in [6, 6.07) is 0.225. The van der Waals surface area contributed by atoms with Gasteiger partial charge in [-0.2, -0.15) is 4.98 Å². The minimum atomic E-state index is -0.518. The molecule has 17 heavy (non-hydrogen) atoms. The quantitative estimate of drug-likeness (QED) is 0.875. The molecule has 1 aliphatic rings. The zero-order chi connectivity index (χ0) is 12.3. The molecule has 0 saturated carbocycles. The Bertz CT molecular complexity index is 354. The number of nitrogens with zero attached hydrogens (tertiary/aromatic N) is 2. The van der Waals surface area contributed by atoms with Crippen LogP contribution >= 0.6 is 0 Å². The summed E-state index contributed by atoms with van der Waals surface area (Å²) in [6.07, 6.45) is 4.80. The van der Waals surface area contributed by atoms with Gasteiger partial charge < -0.3 is 14.6 Å². The first-order valence-corrected chi connectivity index (χ1v) is 6.26. The molecule has 0 aromatic carbocycles. The predicted octanol–water partition coefficient (Wildman–Crippen LogP) is 2.16. The zero-order valence-electron chi connectivity index (χ0n) is 10.8. The second kappa shape index (κ2) is 5.14. The van der Waals surface area contributed by atoms with Crippen LogP contribution < -0.4 is 5.32 Å². The molecule has 1 fully saturated rings. The molecule has 1 saturated heterocycles. The number of ether oxygens (including phenoxy) is 1. The molecule has 1 N–H and O–H groups in total. The summed E-state index contributed by atoms with van der Waals surface area (Å²) in [5, 5.41) is 7.52. The van der Waals surface area contributed by atoms with Crippen molar-refractivity contribution in [3.05, 3.63) is 11.7 Å². The number of rotatable bonds is 3. The highest BCUT2D eigenvalue weighted by Gasteiger charge is 2.29. The Kier molecular flexibility index (Phi) is 3.79. The molecule has 0 aliphatic carbocycles. The fourth-order valence-electron chi connectivity index (χ4n) is 1.96. The van der Waals surface area contributed by atoms with Gasteiger partial charge in [-0.15, -0.1) is 0 Å². The summed E-state index contributed by atoms with van der Waals surface area (Å²) in [5.74, 6) is 1.30. The number of hydrogen-bond acceptors (Lipinski definition) is 5. The average molecular weight is 239 g/mol. The highest BCUT2D eigenvalue weighted by Crippen LogP contribution is 2.25. The SMILES string of the molecule is COC(C)(C)c1nc(C2CCCCCN2)no1. The van der Waals surface area contributed by atoms with Crippen molar-refractivity contribution in [2.75, 3.05) is 13.7 Å². The topological polar surface area (TPSA) is 60.2 Å². The van der Waals surface area contributed by atoms with Crippen LogP contribution in [0.4, 0.5) is 0 Å². The van der Waals surface area contributed by atoms with Crippen LogP contribution in [0, 0.1) is 0 Å². The predicted molar refractivity (Wildman–Crippen MR) is 63.5 cm³/mol. The average Bonchev–Trinajstić information content (AvgIpc) is 2.67. The van der Waals surface area contributed by atoms with Crippen molar-refractivity contribution < 1.29 is 9.26 Å². The van der Waals surface area contributed by atoms with Crippen molar-refractivity contribution in [1.82, 2.24) is 15.5 Å². The van der Waals surface area contributed by atoms with E-state index in [9.17, 15) is 0 Å². The molecule has 1 aromatic rings. The molecule has 1 unspecified atom stereocenters. The van der Waals surface area contributed by atoms with Crippen LogP contribution in [-0.4, -0.2) is 23.8 Å². The Balaban J connectivity index is 2.11. The summed E-state index contributed by atoms with van der Waals surface area (Å²) >= 11 is 0. The first-order chi connectivity index (χ1) is 8.13. The van der Waals surface area contributed by atoms with Crippen molar-refractivity contribution in [1.29, 1.82) is 0 Å². The van der Waals surface area contributed by atoms with E-state index in [0.29, 0.717) is 5.89 Å². The first kappa shape index (κ1) is 12.5. The van der Waals surface area contributed by atoms with Crippen LogP contribution in [0.3, 0.4) is 0 Å². The minimum absolute atomic E-state index is 0.225. The van der Waals surface area contributed by atoms with Crippen molar-refractivity contribution in [3.63, 3.8) is 0 Å². The van der Waals surface area contributed by atoms with E-state index < -0.39 is 5.60 Å². The second-order valence-electron chi connectivity index (χ2n) is 5.03. The van der Waals surface area contributed by atoms with Gasteiger partial charge in [-0.05, 0) is 33.2 Å². The number of methoxy groups -OCH3 is 1. The maximum atomic E-state index is 5.33. The molecular formula is C12H21N3O2. The Morgan fingerprint density at radius 3 is 2.94 bits per heavy atom. The van der Waals surface area contributed by atoms with Crippen molar-refractivity contribution in [2.45, 2.75) is 51.2 Å². The molecule has 1 aliphatic heterocycles. The molecule has 5 nitrogen and oxygen atoms in total. The molecular weight excluding hydrogens is 218 g/mol. The van der Waals surface area contributed by atoms with Crippen molar-refractivity contribution in [2.24, 2.45) is 0 Å². The number of aromatic nitrogens is 2. The van der Waals surface area contributed by atoms with E-state index in [0.717, 1.165) is 18.8 Å². The van der Waals surface area contributed by atoms with Gasteiger partial charge >= 0.3 is 0 Å². The molecule has 0 amide bonds. The monoisotopic (exact) mass is 239 g/mol. The van der Waals surface area contributed by atoms with Crippen molar-refractivity contribution >= 4 is 0 Å². The van der Waals surface area contributed by atoms with Crippen LogP contribution in [0.25, 0.3) is 0 Å². The van der Waals surface area contributed by atoms with Crippen LogP contribution in [0.2, 0.25) is 0 Å². The first-order valence-electron chi connectivity index (χ1n) is 6.26. The molecule has 1 atom stereocenters. The van der Waals surface area contributed by atoms with Gasteiger partial charge in [0.25, 0.3) is 5.89 Å². The highest BCUT2D eigenvalue weighted by molar-refractivity contribution is 5.00.